The van der Waals surface area contributed by atoms with Crippen LogP contribution in [0.2, 0.25) is 0 Å². The Morgan fingerprint density at radius 3 is 2.37 bits per heavy atom. The molecule has 1 amide bonds. The van der Waals surface area contributed by atoms with Gasteiger partial charge in [0.2, 0.25) is 5.91 Å². The third-order valence-electron chi connectivity index (χ3n) is 6.37. The molecule has 3 heterocycles. The molecule has 7 heteroatoms. The van der Waals surface area contributed by atoms with Crippen molar-refractivity contribution in [3.05, 3.63) is 114 Å². The maximum Gasteiger partial charge on any atom is 0.244 e. The number of benzene rings is 2. The van der Waals surface area contributed by atoms with Gasteiger partial charge in [-0.3, -0.25) is 9.78 Å². The Morgan fingerprint density at radius 2 is 1.69 bits per heavy atom. The van der Waals surface area contributed by atoms with E-state index in [0.29, 0.717) is 5.11 Å². The molecular weight excluding hydrogens is 454 g/mol. The second-order valence-corrected chi connectivity index (χ2v) is 9.05. The summed E-state index contributed by atoms with van der Waals surface area (Å²) in [6, 6.07) is 27.5. The van der Waals surface area contributed by atoms with Crippen LogP contribution < -0.4 is 10.6 Å². The largest absolute Gasteiger partial charge is 0.352 e. The molecule has 2 atom stereocenters. The first-order chi connectivity index (χ1) is 17.0. The van der Waals surface area contributed by atoms with Crippen LogP contribution in [0.15, 0.2) is 91.1 Å². The average Bonchev–Trinajstić information content (AvgIpc) is 3.35. The maximum atomic E-state index is 13.1. The predicted molar refractivity (Wildman–Crippen MR) is 142 cm³/mol. The van der Waals surface area contributed by atoms with Crippen molar-refractivity contribution >= 4 is 28.9 Å². The molecule has 6 nitrogen and oxygen atoms in total. The molecule has 1 fully saturated rings. The molecule has 1 saturated heterocycles. The number of carbonyl (C=O) groups excluding carboxylic acids is 1. The summed E-state index contributed by atoms with van der Waals surface area (Å²) < 4.78 is 2.24. The molecule has 2 aromatic carbocycles. The Hall–Kier alpha value is -3.97. The molecule has 176 valence electrons. The number of aryl methyl sites for hydroxylation is 1. The first kappa shape index (κ1) is 22.8. The highest BCUT2D eigenvalue weighted by atomic mass is 32.1. The number of hydrogen-bond acceptors (Lipinski definition) is 3. The topological polar surface area (TPSA) is 62.2 Å². The number of nitrogens with zero attached hydrogens (tertiary/aromatic N) is 3. The molecule has 1 aliphatic heterocycles. The van der Waals surface area contributed by atoms with Crippen LogP contribution in [0.5, 0.6) is 0 Å². The minimum atomic E-state index is -0.192. The summed E-state index contributed by atoms with van der Waals surface area (Å²) >= 11 is 5.75. The zero-order valence-electron chi connectivity index (χ0n) is 19.7. The SMILES string of the molecule is Cc1cc([C@@H]2[C@H](c3ccccn3)NC(=S)N2CC(=O)Nc2ccccc2)c(C)n1-c1ccccc1. The highest BCUT2D eigenvalue weighted by Crippen LogP contribution is 2.41. The van der Waals surface area contributed by atoms with Crippen LogP contribution in [0.3, 0.4) is 0 Å². The number of para-hydroxylation sites is 2. The number of anilines is 1. The fraction of sp³-hybridized carbons (Fsp3) is 0.179. The van der Waals surface area contributed by atoms with Gasteiger partial charge in [-0.15, -0.1) is 0 Å². The smallest absolute Gasteiger partial charge is 0.244 e. The molecule has 4 aromatic rings. The lowest BCUT2D eigenvalue weighted by atomic mass is 9.96. The molecule has 2 N–H and O–H groups in total. The number of amides is 1. The summed E-state index contributed by atoms with van der Waals surface area (Å²) in [6.45, 7) is 4.35. The van der Waals surface area contributed by atoms with Crippen LogP contribution >= 0.6 is 12.2 Å². The predicted octanol–water partition coefficient (Wildman–Crippen LogP) is 5.10. The van der Waals surface area contributed by atoms with Crippen LogP contribution in [-0.4, -0.2) is 32.0 Å². The van der Waals surface area contributed by atoms with Crippen LogP contribution in [0.25, 0.3) is 5.69 Å². The summed E-state index contributed by atoms with van der Waals surface area (Å²) in [4.78, 5) is 19.6. The van der Waals surface area contributed by atoms with Crippen molar-refractivity contribution in [1.29, 1.82) is 0 Å². The summed E-state index contributed by atoms with van der Waals surface area (Å²) in [7, 11) is 0. The van der Waals surface area contributed by atoms with E-state index >= 15 is 0 Å². The number of rotatable bonds is 6. The average molecular weight is 482 g/mol. The Labute approximate surface area is 210 Å². The second kappa shape index (κ2) is 9.72. The fourth-order valence-corrected chi connectivity index (χ4v) is 5.16. The zero-order valence-corrected chi connectivity index (χ0v) is 20.5. The van der Waals surface area contributed by atoms with E-state index < -0.39 is 0 Å². The van der Waals surface area contributed by atoms with Crippen LogP contribution in [0.1, 0.15) is 34.7 Å². The molecule has 0 spiro atoms. The van der Waals surface area contributed by atoms with Crippen LogP contribution in [0.4, 0.5) is 5.69 Å². The molecule has 0 saturated carbocycles. The highest BCUT2D eigenvalue weighted by molar-refractivity contribution is 7.80. The molecule has 0 radical (unpaired) electrons. The van der Waals surface area contributed by atoms with Gasteiger partial charge in [-0.25, -0.2) is 0 Å². The molecule has 35 heavy (non-hydrogen) atoms. The summed E-state index contributed by atoms with van der Waals surface area (Å²) in [5.74, 6) is -0.121. The van der Waals surface area contributed by atoms with Gasteiger partial charge in [0.15, 0.2) is 5.11 Å². The monoisotopic (exact) mass is 481 g/mol. The van der Waals surface area contributed by atoms with E-state index in [1.165, 1.54) is 0 Å². The van der Waals surface area contributed by atoms with E-state index in [1.807, 2.05) is 71.6 Å². The van der Waals surface area contributed by atoms with Gasteiger partial charge in [0, 0.05) is 29.0 Å². The van der Waals surface area contributed by atoms with Crippen molar-refractivity contribution < 1.29 is 4.79 Å². The van der Waals surface area contributed by atoms with Crippen LogP contribution in [0, 0.1) is 13.8 Å². The molecule has 0 bridgehead atoms. The van der Waals surface area contributed by atoms with Crippen molar-refractivity contribution in [1.82, 2.24) is 19.8 Å². The minimum absolute atomic E-state index is 0.121. The Balaban J connectivity index is 1.53. The van der Waals surface area contributed by atoms with Gasteiger partial charge in [-0.2, -0.15) is 0 Å². The lowest BCUT2D eigenvalue weighted by Gasteiger charge is -2.27. The summed E-state index contributed by atoms with van der Waals surface area (Å²) in [5.41, 5.74) is 6.09. The van der Waals surface area contributed by atoms with E-state index in [0.717, 1.165) is 34.0 Å². The van der Waals surface area contributed by atoms with Crippen molar-refractivity contribution in [2.45, 2.75) is 25.9 Å². The fourth-order valence-electron chi connectivity index (χ4n) is 4.85. The van der Waals surface area contributed by atoms with Gasteiger partial charge in [-0.1, -0.05) is 42.5 Å². The normalized spacial score (nSPS) is 17.3. The molecule has 2 aromatic heterocycles. The lowest BCUT2D eigenvalue weighted by Crippen LogP contribution is -2.37. The van der Waals surface area contributed by atoms with Crippen molar-refractivity contribution in [2.75, 3.05) is 11.9 Å². The van der Waals surface area contributed by atoms with Gasteiger partial charge < -0.3 is 20.1 Å². The quantitative estimate of drug-likeness (QED) is 0.375. The van der Waals surface area contributed by atoms with E-state index in [4.69, 9.17) is 12.2 Å². The van der Waals surface area contributed by atoms with E-state index in [1.54, 1.807) is 6.20 Å². The molecular formula is C28H27N5OS. The number of aromatic nitrogens is 2. The Morgan fingerprint density at radius 1 is 1.00 bits per heavy atom. The van der Waals surface area contributed by atoms with Gasteiger partial charge in [0.1, 0.15) is 6.54 Å². The number of hydrogen-bond donors (Lipinski definition) is 2. The second-order valence-electron chi connectivity index (χ2n) is 8.67. The lowest BCUT2D eigenvalue weighted by molar-refractivity contribution is -0.116. The highest BCUT2D eigenvalue weighted by Gasteiger charge is 2.42. The first-order valence-electron chi connectivity index (χ1n) is 11.6. The number of pyridine rings is 1. The standard InChI is InChI=1S/C28H27N5OS/c1-19-17-23(20(2)33(19)22-13-7-4-8-14-22)27-26(24-15-9-10-16-29-24)31-28(35)32(27)18-25(34)30-21-11-5-3-6-12-21/h3-17,26-27H,18H2,1-2H3,(H,30,34)(H,31,35)/t26-,27+/m0/s1. The first-order valence-corrected chi connectivity index (χ1v) is 12.0. The number of nitrogens with one attached hydrogen (secondary N) is 2. The van der Waals surface area contributed by atoms with Gasteiger partial charge in [0.05, 0.1) is 17.8 Å². The molecule has 1 aliphatic rings. The van der Waals surface area contributed by atoms with Crippen LogP contribution in [-0.2, 0) is 4.79 Å². The van der Waals surface area contributed by atoms with Gasteiger partial charge in [-0.05, 0) is 74.1 Å². The molecule has 0 aliphatic carbocycles. The third-order valence-corrected chi connectivity index (χ3v) is 6.72. The summed E-state index contributed by atoms with van der Waals surface area (Å²) in [6.07, 6.45) is 1.79. The van der Waals surface area contributed by atoms with Gasteiger partial charge >= 0.3 is 0 Å². The van der Waals surface area contributed by atoms with Crippen molar-refractivity contribution in [3.8, 4) is 5.69 Å². The maximum absolute atomic E-state index is 13.1. The minimum Gasteiger partial charge on any atom is -0.352 e. The Kier molecular flexibility index (Phi) is 6.33. The van der Waals surface area contributed by atoms with Crippen molar-refractivity contribution in [2.24, 2.45) is 0 Å². The van der Waals surface area contributed by atoms with Crippen molar-refractivity contribution in [3.63, 3.8) is 0 Å². The molecule has 0 unspecified atom stereocenters. The summed E-state index contributed by atoms with van der Waals surface area (Å²) in [5, 5.41) is 6.96. The zero-order chi connectivity index (χ0) is 24.4. The van der Waals surface area contributed by atoms with E-state index in [2.05, 4.69) is 52.2 Å². The van der Waals surface area contributed by atoms with E-state index in [9.17, 15) is 4.79 Å². The Bertz CT molecular complexity index is 1340. The number of carbonyl (C=O) groups is 1. The third kappa shape index (κ3) is 4.55. The molecule has 5 rings (SSSR count). The van der Waals surface area contributed by atoms with E-state index in [-0.39, 0.29) is 24.5 Å². The number of thiocarbonyl (C=S) groups is 1. The van der Waals surface area contributed by atoms with Gasteiger partial charge in [0.25, 0.3) is 0 Å².